The van der Waals surface area contributed by atoms with Crippen LogP contribution in [0.1, 0.15) is 29.5 Å². The van der Waals surface area contributed by atoms with Crippen molar-refractivity contribution in [2.75, 3.05) is 6.54 Å². The SMILES string of the molecule is NC(CNC(=O)C1CC1c1ccc(Cl)cc1Cl)c1ccccc1. The standard InChI is InChI=1S/C18H18Cl2N2O/c19-12-6-7-13(16(20)8-12)14-9-15(14)18(23)22-10-17(21)11-4-2-1-3-5-11/h1-8,14-15,17H,9-10,21H2,(H,22,23). The van der Waals surface area contributed by atoms with Crippen molar-refractivity contribution < 1.29 is 4.79 Å². The molecular weight excluding hydrogens is 331 g/mol. The molecule has 3 unspecified atom stereocenters. The quantitative estimate of drug-likeness (QED) is 0.860. The predicted molar refractivity (Wildman–Crippen MR) is 93.7 cm³/mol. The van der Waals surface area contributed by atoms with Gasteiger partial charge in [-0.1, -0.05) is 59.6 Å². The zero-order chi connectivity index (χ0) is 16.4. The van der Waals surface area contributed by atoms with E-state index in [4.69, 9.17) is 28.9 Å². The lowest BCUT2D eigenvalue weighted by atomic mass is 10.1. The second-order valence-corrected chi connectivity index (χ2v) is 6.72. The minimum absolute atomic E-state index is 0.0309. The van der Waals surface area contributed by atoms with Crippen LogP contribution in [0, 0.1) is 5.92 Å². The van der Waals surface area contributed by atoms with Crippen LogP contribution in [-0.2, 0) is 4.79 Å². The Morgan fingerprint density at radius 1 is 1.22 bits per heavy atom. The molecule has 5 heteroatoms. The summed E-state index contributed by atoms with van der Waals surface area (Å²) >= 11 is 12.1. The van der Waals surface area contributed by atoms with Gasteiger partial charge in [0.25, 0.3) is 0 Å². The van der Waals surface area contributed by atoms with Crippen LogP contribution in [-0.4, -0.2) is 12.5 Å². The van der Waals surface area contributed by atoms with E-state index < -0.39 is 0 Å². The van der Waals surface area contributed by atoms with Crippen LogP contribution < -0.4 is 11.1 Å². The van der Waals surface area contributed by atoms with Gasteiger partial charge in [-0.05, 0) is 35.6 Å². The molecule has 3 atom stereocenters. The summed E-state index contributed by atoms with van der Waals surface area (Å²) in [5.74, 6) is 0.178. The molecule has 1 aliphatic rings. The molecular formula is C18H18Cl2N2O. The molecule has 1 aliphatic carbocycles. The molecule has 0 heterocycles. The summed E-state index contributed by atoms with van der Waals surface area (Å²) in [6.07, 6.45) is 0.813. The molecule has 3 N–H and O–H groups in total. The number of carbonyl (C=O) groups is 1. The van der Waals surface area contributed by atoms with Gasteiger partial charge < -0.3 is 11.1 Å². The zero-order valence-electron chi connectivity index (χ0n) is 12.5. The van der Waals surface area contributed by atoms with Gasteiger partial charge in [0.15, 0.2) is 0 Å². The minimum atomic E-state index is -0.198. The highest BCUT2D eigenvalue weighted by atomic mass is 35.5. The molecule has 2 aromatic rings. The summed E-state index contributed by atoms with van der Waals surface area (Å²) in [7, 11) is 0. The highest BCUT2D eigenvalue weighted by Gasteiger charge is 2.44. The van der Waals surface area contributed by atoms with Crippen molar-refractivity contribution in [2.45, 2.75) is 18.4 Å². The Kier molecular flexibility index (Phi) is 4.90. The van der Waals surface area contributed by atoms with Crippen LogP contribution in [0.2, 0.25) is 10.0 Å². The summed E-state index contributed by atoms with van der Waals surface area (Å²) in [5, 5.41) is 4.17. The number of carbonyl (C=O) groups excluding carboxylic acids is 1. The van der Waals surface area contributed by atoms with Gasteiger partial charge in [0, 0.05) is 28.5 Å². The lowest BCUT2D eigenvalue weighted by Crippen LogP contribution is -2.33. The number of nitrogens with two attached hydrogens (primary N) is 1. The first-order chi connectivity index (χ1) is 11.1. The van der Waals surface area contributed by atoms with E-state index >= 15 is 0 Å². The van der Waals surface area contributed by atoms with Crippen LogP contribution >= 0.6 is 23.2 Å². The van der Waals surface area contributed by atoms with Gasteiger partial charge in [0.1, 0.15) is 0 Å². The largest absolute Gasteiger partial charge is 0.354 e. The van der Waals surface area contributed by atoms with Gasteiger partial charge in [0.05, 0.1) is 0 Å². The Morgan fingerprint density at radius 2 is 1.96 bits per heavy atom. The third-order valence-electron chi connectivity index (χ3n) is 4.21. The maximum atomic E-state index is 12.3. The topological polar surface area (TPSA) is 55.1 Å². The van der Waals surface area contributed by atoms with Crippen LogP contribution in [0.3, 0.4) is 0 Å². The minimum Gasteiger partial charge on any atom is -0.354 e. The summed E-state index contributed by atoms with van der Waals surface area (Å²) in [6, 6.07) is 15.0. The predicted octanol–water partition coefficient (Wildman–Crippen LogP) is 3.91. The molecule has 1 saturated carbocycles. The molecule has 23 heavy (non-hydrogen) atoms. The van der Waals surface area contributed by atoms with Crippen molar-refractivity contribution in [3.63, 3.8) is 0 Å². The van der Waals surface area contributed by atoms with E-state index in [0.29, 0.717) is 16.6 Å². The number of rotatable bonds is 5. The first-order valence-electron chi connectivity index (χ1n) is 7.59. The van der Waals surface area contributed by atoms with Gasteiger partial charge in [-0.25, -0.2) is 0 Å². The van der Waals surface area contributed by atoms with Crippen LogP contribution in [0.15, 0.2) is 48.5 Å². The average molecular weight is 349 g/mol. The number of benzene rings is 2. The Hall–Kier alpha value is -1.55. The molecule has 1 amide bonds. The third kappa shape index (κ3) is 3.86. The van der Waals surface area contributed by atoms with E-state index in [1.54, 1.807) is 12.1 Å². The van der Waals surface area contributed by atoms with E-state index in [0.717, 1.165) is 17.5 Å². The van der Waals surface area contributed by atoms with Crippen molar-refractivity contribution in [2.24, 2.45) is 11.7 Å². The summed E-state index contributed by atoms with van der Waals surface area (Å²) < 4.78 is 0. The Morgan fingerprint density at radius 3 is 2.65 bits per heavy atom. The Bertz CT molecular complexity index is 705. The summed E-state index contributed by atoms with van der Waals surface area (Å²) in [6.45, 7) is 0.431. The maximum absolute atomic E-state index is 12.3. The fourth-order valence-corrected chi connectivity index (χ4v) is 3.34. The fourth-order valence-electron chi connectivity index (χ4n) is 2.79. The molecule has 3 nitrogen and oxygen atoms in total. The Balaban J connectivity index is 1.54. The highest BCUT2D eigenvalue weighted by molar-refractivity contribution is 6.35. The molecule has 0 radical (unpaired) electrons. The number of hydrogen-bond acceptors (Lipinski definition) is 2. The first kappa shape index (κ1) is 16.3. The van der Waals surface area contributed by atoms with E-state index in [1.807, 2.05) is 36.4 Å². The lowest BCUT2D eigenvalue weighted by Gasteiger charge is -2.13. The fraction of sp³-hybridized carbons (Fsp3) is 0.278. The first-order valence-corrected chi connectivity index (χ1v) is 8.35. The van der Waals surface area contributed by atoms with Crippen molar-refractivity contribution in [1.29, 1.82) is 0 Å². The number of halogens is 2. The molecule has 0 spiro atoms. The molecule has 120 valence electrons. The smallest absolute Gasteiger partial charge is 0.223 e. The van der Waals surface area contributed by atoms with Crippen molar-refractivity contribution in [3.8, 4) is 0 Å². The third-order valence-corrected chi connectivity index (χ3v) is 4.78. The van der Waals surface area contributed by atoms with Gasteiger partial charge in [-0.3, -0.25) is 4.79 Å². The van der Waals surface area contributed by atoms with Gasteiger partial charge >= 0.3 is 0 Å². The molecule has 0 aromatic heterocycles. The lowest BCUT2D eigenvalue weighted by molar-refractivity contribution is -0.122. The normalized spacial score (nSPS) is 20.8. The molecule has 0 saturated heterocycles. The number of hydrogen-bond donors (Lipinski definition) is 2. The zero-order valence-corrected chi connectivity index (χ0v) is 14.0. The van der Waals surface area contributed by atoms with Crippen molar-refractivity contribution in [1.82, 2.24) is 5.32 Å². The van der Waals surface area contributed by atoms with Crippen LogP contribution in [0.25, 0.3) is 0 Å². The second-order valence-electron chi connectivity index (χ2n) is 5.88. The Labute approximate surface area is 145 Å². The van der Waals surface area contributed by atoms with Gasteiger partial charge in [-0.15, -0.1) is 0 Å². The highest BCUT2D eigenvalue weighted by Crippen LogP contribution is 2.50. The van der Waals surface area contributed by atoms with Gasteiger partial charge in [0.2, 0.25) is 5.91 Å². The molecule has 2 aromatic carbocycles. The number of nitrogens with one attached hydrogen (secondary N) is 1. The molecule has 1 fully saturated rings. The second kappa shape index (κ2) is 6.91. The van der Waals surface area contributed by atoms with E-state index in [1.165, 1.54) is 0 Å². The maximum Gasteiger partial charge on any atom is 0.223 e. The molecule has 0 bridgehead atoms. The summed E-state index contributed by atoms with van der Waals surface area (Å²) in [4.78, 5) is 12.3. The molecule has 3 rings (SSSR count). The van der Waals surface area contributed by atoms with Crippen molar-refractivity contribution >= 4 is 29.1 Å². The van der Waals surface area contributed by atoms with E-state index in [2.05, 4.69) is 5.32 Å². The summed E-state index contributed by atoms with van der Waals surface area (Å²) in [5.41, 5.74) is 8.10. The van der Waals surface area contributed by atoms with Crippen LogP contribution in [0.5, 0.6) is 0 Å². The van der Waals surface area contributed by atoms with E-state index in [-0.39, 0.29) is 23.8 Å². The van der Waals surface area contributed by atoms with E-state index in [9.17, 15) is 4.79 Å². The van der Waals surface area contributed by atoms with Gasteiger partial charge in [-0.2, -0.15) is 0 Å². The monoisotopic (exact) mass is 348 g/mol. The molecule has 0 aliphatic heterocycles. The van der Waals surface area contributed by atoms with Crippen molar-refractivity contribution in [3.05, 3.63) is 69.7 Å². The average Bonchev–Trinajstić information content (AvgIpc) is 3.33. The number of amides is 1. The van der Waals surface area contributed by atoms with Crippen LogP contribution in [0.4, 0.5) is 0 Å².